The average molecular weight is 494 g/mol. The number of amides is 2. The van der Waals surface area contributed by atoms with Crippen molar-refractivity contribution in [3.8, 4) is 23.1 Å². The average Bonchev–Trinajstić information content (AvgIpc) is 2.98. The van der Waals surface area contributed by atoms with Crippen LogP contribution in [0.4, 0.5) is 5.69 Å². The summed E-state index contributed by atoms with van der Waals surface area (Å²) in [7, 11) is 0. The molecule has 1 N–H and O–H groups in total. The number of fused-ring (bicyclic) bond motifs is 3. The fraction of sp³-hybridized carbons (Fsp3) is 0.269. The second-order valence-corrected chi connectivity index (χ2v) is 8.76. The van der Waals surface area contributed by atoms with Crippen molar-refractivity contribution in [3.63, 3.8) is 0 Å². The minimum atomic E-state index is -0.251. The predicted octanol–water partition coefficient (Wildman–Crippen LogP) is 4.92. The zero-order chi connectivity index (χ0) is 24.4. The van der Waals surface area contributed by atoms with Crippen molar-refractivity contribution < 1.29 is 23.8 Å². The summed E-state index contributed by atoms with van der Waals surface area (Å²) in [5, 5.41) is 3.50. The van der Waals surface area contributed by atoms with Gasteiger partial charge in [-0.15, -0.1) is 0 Å². The van der Waals surface area contributed by atoms with Crippen LogP contribution in [0.15, 0.2) is 54.7 Å². The number of pyridine rings is 1. The number of benzene rings is 2. The van der Waals surface area contributed by atoms with Crippen LogP contribution in [-0.2, 0) is 4.79 Å². The van der Waals surface area contributed by atoms with Gasteiger partial charge in [-0.05, 0) is 61.4 Å². The van der Waals surface area contributed by atoms with E-state index < -0.39 is 0 Å². The second-order valence-electron chi connectivity index (χ2n) is 8.32. The van der Waals surface area contributed by atoms with E-state index in [1.165, 1.54) is 0 Å². The van der Waals surface area contributed by atoms with Gasteiger partial charge in [0.2, 0.25) is 11.8 Å². The summed E-state index contributed by atoms with van der Waals surface area (Å²) in [6.45, 7) is 3.27. The SMILES string of the molecule is C[C@@H](NC(=O)CCCN1C(=O)c2cccnc2Oc2ccc(Cl)cc21)c1ccc2c(c1)OCCO2. The van der Waals surface area contributed by atoms with E-state index in [1.807, 2.05) is 25.1 Å². The van der Waals surface area contributed by atoms with Crippen LogP contribution in [0.3, 0.4) is 0 Å². The van der Waals surface area contributed by atoms with Crippen LogP contribution in [0.5, 0.6) is 23.1 Å². The molecular weight excluding hydrogens is 470 g/mol. The first-order valence-corrected chi connectivity index (χ1v) is 11.8. The van der Waals surface area contributed by atoms with E-state index in [4.69, 9.17) is 25.8 Å². The number of anilines is 1. The van der Waals surface area contributed by atoms with Gasteiger partial charge in [-0.1, -0.05) is 17.7 Å². The summed E-state index contributed by atoms with van der Waals surface area (Å²) in [6.07, 6.45) is 2.27. The normalized spacial score (nSPS) is 14.8. The molecule has 8 nitrogen and oxygen atoms in total. The molecule has 0 bridgehead atoms. The molecule has 180 valence electrons. The number of nitrogens with zero attached hydrogens (tertiary/aromatic N) is 2. The molecule has 0 spiro atoms. The summed E-state index contributed by atoms with van der Waals surface area (Å²) in [4.78, 5) is 31.8. The van der Waals surface area contributed by atoms with Crippen molar-refractivity contribution in [1.82, 2.24) is 10.3 Å². The molecule has 0 saturated heterocycles. The molecule has 1 aromatic heterocycles. The Morgan fingerprint density at radius 2 is 1.91 bits per heavy atom. The van der Waals surface area contributed by atoms with Gasteiger partial charge in [-0.2, -0.15) is 0 Å². The molecule has 0 radical (unpaired) electrons. The standard InChI is InChI=1S/C26H24ClN3O5/c1-16(17-6-8-22-23(14-17)34-13-12-33-22)29-24(31)5-3-11-30-20-15-18(27)7-9-21(20)35-25-19(26(30)32)4-2-10-28-25/h2,4,6-10,14-16H,3,5,11-13H2,1H3,(H,29,31)/t16-/m1/s1. The molecule has 9 heteroatoms. The van der Waals surface area contributed by atoms with Crippen molar-refractivity contribution in [1.29, 1.82) is 0 Å². The third kappa shape index (κ3) is 4.88. The zero-order valence-electron chi connectivity index (χ0n) is 19.1. The largest absolute Gasteiger partial charge is 0.486 e. The third-order valence-electron chi connectivity index (χ3n) is 5.89. The van der Waals surface area contributed by atoms with E-state index in [2.05, 4.69) is 10.3 Å². The summed E-state index contributed by atoms with van der Waals surface area (Å²) in [5.74, 6) is 1.76. The minimum Gasteiger partial charge on any atom is -0.486 e. The summed E-state index contributed by atoms with van der Waals surface area (Å²) in [5.41, 5.74) is 1.83. The number of hydrogen-bond acceptors (Lipinski definition) is 6. The molecule has 0 fully saturated rings. The molecule has 2 aliphatic heterocycles. The first-order valence-electron chi connectivity index (χ1n) is 11.4. The molecule has 0 saturated carbocycles. The van der Waals surface area contributed by atoms with Crippen LogP contribution in [0.1, 0.15) is 41.7 Å². The van der Waals surface area contributed by atoms with Gasteiger partial charge in [0.05, 0.1) is 11.7 Å². The van der Waals surface area contributed by atoms with Gasteiger partial charge in [-0.25, -0.2) is 4.98 Å². The number of halogens is 1. The highest BCUT2D eigenvalue weighted by atomic mass is 35.5. The number of hydrogen-bond donors (Lipinski definition) is 1. The fourth-order valence-corrected chi connectivity index (χ4v) is 4.29. The van der Waals surface area contributed by atoms with Crippen molar-refractivity contribution in [2.75, 3.05) is 24.7 Å². The monoisotopic (exact) mass is 493 g/mol. The Morgan fingerprint density at radius 3 is 2.77 bits per heavy atom. The van der Waals surface area contributed by atoms with Crippen molar-refractivity contribution in [2.24, 2.45) is 0 Å². The van der Waals surface area contributed by atoms with Crippen molar-refractivity contribution in [2.45, 2.75) is 25.8 Å². The molecule has 0 aliphatic carbocycles. The molecule has 3 heterocycles. The van der Waals surface area contributed by atoms with Gasteiger partial charge in [0.25, 0.3) is 5.91 Å². The molecule has 5 rings (SSSR count). The number of rotatable bonds is 6. The van der Waals surface area contributed by atoms with E-state index >= 15 is 0 Å². The van der Waals surface area contributed by atoms with Crippen LogP contribution in [-0.4, -0.2) is 36.6 Å². The van der Waals surface area contributed by atoms with Gasteiger partial charge in [0.15, 0.2) is 17.2 Å². The van der Waals surface area contributed by atoms with Crippen LogP contribution in [0.2, 0.25) is 5.02 Å². The van der Waals surface area contributed by atoms with Crippen molar-refractivity contribution in [3.05, 3.63) is 70.9 Å². The number of carbonyl (C=O) groups excluding carboxylic acids is 2. The lowest BCUT2D eigenvalue weighted by Crippen LogP contribution is -2.33. The van der Waals surface area contributed by atoms with Crippen LogP contribution in [0.25, 0.3) is 0 Å². The van der Waals surface area contributed by atoms with Gasteiger partial charge in [0.1, 0.15) is 18.8 Å². The highest BCUT2D eigenvalue weighted by Crippen LogP contribution is 2.39. The maximum Gasteiger partial charge on any atom is 0.263 e. The van der Waals surface area contributed by atoms with E-state index in [9.17, 15) is 9.59 Å². The lowest BCUT2D eigenvalue weighted by Gasteiger charge is -2.23. The molecule has 2 aromatic carbocycles. The topological polar surface area (TPSA) is 90.0 Å². The van der Waals surface area contributed by atoms with Crippen LogP contribution >= 0.6 is 11.6 Å². The van der Waals surface area contributed by atoms with Crippen LogP contribution in [0, 0.1) is 0 Å². The van der Waals surface area contributed by atoms with E-state index in [0.29, 0.717) is 59.7 Å². The zero-order valence-corrected chi connectivity index (χ0v) is 19.9. The highest BCUT2D eigenvalue weighted by Gasteiger charge is 2.29. The molecule has 2 amide bonds. The first kappa shape index (κ1) is 23.0. The third-order valence-corrected chi connectivity index (χ3v) is 6.13. The number of aromatic nitrogens is 1. The molecule has 1 atom stereocenters. The quantitative estimate of drug-likeness (QED) is 0.524. The summed E-state index contributed by atoms with van der Waals surface area (Å²) >= 11 is 6.21. The molecule has 35 heavy (non-hydrogen) atoms. The molecular formula is C26H24ClN3O5. The molecule has 0 unspecified atom stereocenters. The number of carbonyl (C=O) groups is 2. The maximum atomic E-state index is 13.3. The number of ether oxygens (including phenoxy) is 3. The minimum absolute atomic E-state index is 0.112. The van der Waals surface area contributed by atoms with E-state index in [0.717, 1.165) is 5.56 Å². The van der Waals surface area contributed by atoms with Gasteiger partial charge in [-0.3, -0.25) is 9.59 Å². The van der Waals surface area contributed by atoms with E-state index in [1.54, 1.807) is 41.4 Å². The Hall–Kier alpha value is -3.78. The fourth-order valence-electron chi connectivity index (χ4n) is 4.13. The molecule has 2 aliphatic rings. The van der Waals surface area contributed by atoms with Crippen LogP contribution < -0.4 is 24.4 Å². The lowest BCUT2D eigenvalue weighted by molar-refractivity contribution is -0.121. The molecule has 3 aromatic rings. The van der Waals surface area contributed by atoms with Crippen molar-refractivity contribution >= 4 is 29.1 Å². The smallest absolute Gasteiger partial charge is 0.263 e. The Labute approximate surface area is 207 Å². The van der Waals surface area contributed by atoms with Gasteiger partial charge in [0, 0.05) is 24.2 Å². The Balaban J connectivity index is 1.25. The number of nitrogens with one attached hydrogen (secondary N) is 1. The van der Waals surface area contributed by atoms with E-state index in [-0.39, 0.29) is 30.2 Å². The van der Waals surface area contributed by atoms with Gasteiger partial charge >= 0.3 is 0 Å². The predicted molar refractivity (Wildman–Crippen MR) is 131 cm³/mol. The lowest BCUT2D eigenvalue weighted by atomic mass is 10.1. The first-order chi connectivity index (χ1) is 17.0. The van der Waals surface area contributed by atoms with Gasteiger partial charge < -0.3 is 24.4 Å². The Morgan fingerprint density at radius 1 is 1.11 bits per heavy atom. The summed E-state index contributed by atoms with van der Waals surface area (Å²) < 4.78 is 17.1. The Bertz CT molecular complexity index is 1280. The Kier molecular flexibility index (Phi) is 6.46. The summed E-state index contributed by atoms with van der Waals surface area (Å²) in [6, 6.07) is 13.9. The second kappa shape index (κ2) is 9.84. The highest BCUT2D eigenvalue weighted by molar-refractivity contribution is 6.31. The maximum absolute atomic E-state index is 13.3.